The van der Waals surface area contributed by atoms with E-state index in [9.17, 15) is 5.11 Å². The highest BCUT2D eigenvalue weighted by Gasteiger charge is 2.12. The number of aliphatic hydroxyl groups is 1. The number of allylic oxidation sites excluding steroid dienone is 1. The van der Waals surface area contributed by atoms with Gasteiger partial charge in [0.25, 0.3) is 0 Å². The fourth-order valence-electron chi connectivity index (χ4n) is 2.51. The highest BCUT2D eigenvalue weighted by Crippen LogP contribution is 2.31. The Morgan fingerprint density at radius 2 is 1.83 bits per heavy atom. The van der Waals surface area contributed by atoms with Gasteiger partial charge in [0.1, 0.15) is 12.3 Å². The van der Waals surface area contributed by atoms with Gasteiger partial charge >= 0.3 is 0 Å². The molecule has 1 N–H and O–H groups in total. The summed E-state index contributed by atoms with van der Waals surface area (Å²) in [6.45, 7) is 3.86. The molecule has 0 aliphatic heterocycles. The van der Waals surface area contributed by atoms with Crippen LogP contribution in [0.1, 0.15) is 5.56 Å². The van der Waals surface area contributed by atoms with Crippen molar-refractivity contribution in [3.8, 4) is 17.2 Å². The summed E-state index contributed by atoms with van der Waals surface area (Å²) in [4.78, 5) is 1.23. The first-order chi connectivity index (χ1) is 13.9. The molecular formula is C16H12Cl3N9O. The van der Waals surface area contributed by atoms with E-state index in [0.717, 1.165) is 5.56 Å². The van der Waals surface area contributed by atoms with E-state index >= 15 is 0 Å². The Labute approximate surface area is 178 Å². The summed E-state index contributed by atoms with van der Waals surface area (Å²) in [5.74, 6) is 0.790. The van der Waals surface area contributed by atoms with Gasteiger partial charge in [0.15, 0.2) is 5.82 Å². The quantitative estimate of drug-likeness (QED) is 0.353. The second-order valence-corrected chi connectivity index (χ2v) is 7.22. The molecule has 148 valence electrons. The van der Waals surface area contributed by atoms with E-state index in [0.29, 0.717) is 38.8 Å². The Morgan fingerprint density at radius 1 is 1.07 bits per heavy atom. The van der Waals surface area contributed by atoms with Crippen molar-refractivity contribution in [3.63, 3.8) is 0 Å². The summed E-state index contributed by atoms with van der Waals surface area (Å²) in [6, 6.07) is 3.44. The van der Waals surface area contributed by atoms with E-state index in [1.807, 2.05) is 0 Å². The minimum atomic E-state index is -0.0653. The lowest BCUT2D eigenvalue weighted by Crippen LogP contribution is -2.03. The molecule has 10 nitrogen and oxygen atoms in total. The number of hydrogen-bond donors (Lipinski definition) is 1. The van der Waals surface area contributed by atoms with Gasteiger partial charge in [-0.15, -0.1) is 15.3 Å². The Hall–Kier alpha value is -2.95. The third kappa shape index (κ3) is 4.24. The molecule has 0 atom stereocenters. The van der Waals surface area contributed by atoms with Gasteiger partial charge in [0.05, 0.1) is 39.6 Å². The van der Waals surface area contributed by atoms with Crippen molar-refractivity contribution in [1.29, 1.82) is 0 Å². The van der Waals surface area contributed by atoms with Crippen LogP contribution in [0, 0.1) is 0 Å². The number of aliphatic hydroxyl groups excluding tert-OH is 1. The molecule has 3 aromatic heterocycles. The smallest absolute Gasteiger partial charge is 0.208 e. The van der Waals surface area contributed by atoms with Crippen LogP contribution in [0.5, 0.6) is 0 Å². The lowest BCUT2D eigenvalue weighted by atomic mass is 10.2. The zero-order chi connectivity index (χ0) is 20.5. The molecule has 3 heterocycles. The standard InChI is InChI=1S/C16H12Cl3N9O/c1-9(29)5-28-23-16(22-25-28)11-4-20-27(7-11)14-8-26(24-21-14)6-10-2-12(17)15(19)13(18)3-10/h2-4,7-8,29H,1,5-6H2. The van der Waals surface area contributed by atoms with E-state index in [1.54, 1.807) is 35.4 Å². The second-order valence-electron chi connectivity index (χ2n) is 6.03. The van der Waals surface area contributed by atoms with Gasteiger partial charge < -0.3 is 5.11 Å². The number of hydrogen-bond acceptors (Lipinski definition) is 7. The predicted molar refractivity (Wildman–Crippen MR) is 106 cm³/mol. The van der Waals surface area contributed by atoms with Crippen LogP contribution in [0.15, 0.2) is 43.1 Å². The molecule has 0 radical (unpaired) electrons. The molecule has 1 aromatic carbocycles. The highest BCUT2D eigenvalue weighted by molar-refractivity contribution is 6.48. The van der Waals surface area contributed by atoms with Gasteiger partial charge in [-0.2, -0.15) is 9.90 Å². The summed E-state index contributed by atoms with van der Waals surface area (Å²) < 4.78 is 3.15. The molecule has 0 spiro atoms. The third-order valence-electron chi connectivity index (χ3n) is 3.77. The molecule has 13 heteroatoms. The van der Waals surface area contributed by atoms with Crippen molar-refractivity contribution in [2.75, 3.05) is 0 Å². The second kappa shape index (κ2) is 7.82. The molecule has 29 heavy (non-hydrogen) atoms. The van der Waals surface area contributed by atoms with Gasteiger partial charge in [0.2, 0.25) is 5.82 Å². The SMILES string of the molecule is C=C(O)Cn1nnc(-c2cnn(-c3cn(Cc4cc(Cl)c(Cl)c(Cl)c4)nn3)c2)n1. The van der Waals surface area contributed by atoms with E-state index in [-0.39, 0.29) is 12.3 Å². The minimum absolute atomic E-state index is 0.0637. The average molecular weight is 453 g/mol. The minimum Gasteiger partial charge on any atom is -0.511 e. The monoisotopic (exact) mass is 451 g/mol. The molecule has 4 rings (SSSR count). The fraction of sp³-hybridized carbons (Fsp3) is 0.125. The zero-order valence-electron chi connectivity index (χ0n) is 14.6. The maximum absolute atomic E-state index is 9.21. The van der Waals surface area contributed by atoms with E-state index < -0.39 is 0 Å². The maximum atomic E-state index is 9.21. The first-order valence-electron chi connectivity index (χ1n) is 8.12. The lowest BCUT2D eigenvalue weighted by molar-refractivity contribution is 0.356. The van der Waals surface area contributed by atoms with Crippen molar-refractivity contribution in [2.24, 2.45) is 0 Å². The summed E-state index contributed by atoms with van der Waals surface area (Å²) in [6.07, 6.45) is 4.99. The molecular weight excluding hydrogens is 441 g/mol. The van der Waals surface area contributed by atoms with Crippen molar-refractivity contribution < 1.29 is 5.11 Å². The number of benzene rings is 1. The van der Waals surface area contributed by atoms with E-state index in [1.165, 1.54) is 9.48 Å². The number of aromatic nitrogens is 9. The van der Waals surface area contributed by atoms with Crippen LogP contribution in [0.2, 0.25) is 15.1 Å². The topological polar surface area (TPSA) is 112 Å². The Balaban J connectivity index is 1.52. The normalized spacial score (nSPS) is 11.1. The summed E-state index contributed by atoms with van der Waals surface area (Å²) in [7, 11) is 0. The lowest BCUT2D eigenvalue weighted by Gasteiger charge is -2.05. The van der Waals surface area contributed by atoms with Crippen LogP contribution in [0.4, 0.5) is 0 Å². The number of nitrogens with zero attached hydrogens (tertiary/aromatic N) is 9. The first-order valence-corrected chi connectivity index (χ1v) is 9.26. The Kier molecular flexibility index (Phi) is 5.22. The van der Waals surface area contributed by atoms with Gasteiger partial charge in [0, 0.05) is 6.20 Å². The van der Waals surface area contributed by atoms with Crippen molar-refractivity contribution in [2.45, 2.75) is 13.1 Å². The van der Waals surface area contributed by atoms with Gasteiger partial charge in [-0.25, -0.2) is 9.36 Å². The van der Waals surface area contributed by atoms with E-state index in [4.69, 9.17) is 34.8 Å². The largest absolute Gasteiger partial charge is 0.511 e. The van der Waals surface area contributed by atoms with Gasteiger partial charge in [-0.05, 0) is 22.9 Å². The van der Waals surface area contributed by atoms with Crippen LogP contribution in [-0.4, -0.2) is 50.1 Å². The molecule has 4 aromatic rings. The number of halogens is 3. The predicted octanol–water partition coefficient (Wildman–Crippen LogP) is 3.20. The average Bonchev–Trinajstić information content (AvgIpc) is 3.39. The number of rotatable bonds is 6. The first kappa shape index (κ1) is 19.4. The van der Waals surface area contributed by atoms with Crippen LogP contribution >= 0.6 is 34.8 Å². The molecule has 0 amide bonds. The molecule has 0 aliphatic rings. The third-order valence-corrected chi connectivity index (χ3v) is 4.96. The molecule has 0 bridgehead atoms. The van der Waals surface area contributed by atoms with Gasteiger partial charge in [-0.3, -0.25) is 0 Å². The van der Waals surface area contributed by atoms with Crippen LogP contribution in [0.25, 0.3) is 17.2 Å². The zero-order valence-corrected chi connectivity index (χ0v) is 16.9. The summed E-state index contributed by atoms with van der Waals surface area (Å²) >= 11 is 18.1. The van der Waals surface area contributed by atoms with Gasteiger partial charge in [-0.1, -0.05) is 46.6 Å². The van der Waals surface area contributed by atoms with Crippen molar-refractivity contribution in [3.05, 3.63) is 63.7 Å². The highest BCUT2D eigenvalue weighted by atomic mass is 35.5. The van der Waals surface area contributed by atoms with Crippen molar-refractivity contribution >= 4 is 34.8 Å². The molecule has 0 fully saturated rings. The molecule has 0 unspecified atom stereocenters. The summed E-state index contributed by atoms with van der Waals surface area (Å²) in [5.41, 5.74) is 1.46. The molecule has 0 saturated heterocycles. The van der Waals surface area contributed by atoms with Crippen molar-refractivity contribution in [1.82, 2.24) is 45.0 Å². The van der Waals surface area contributed by atoms with Crippen LogP contribution < -0.4 is 0 Å². The van der Waals surface area contributed by atoms with E-state index in [2.05, 4.69) is 37.4 Å². The Morgan fingerprint density at radius 3 is 2.55 bits per heavy atom. The van der Waals surface area contributed by atoms with Crippen LogP contribution in [0.3, 0.4) is 0 Å². The fourth-order valence-corrected chi connectivity index (χ4v) is 3.15. The molecule has 0 aliphatic carbocycles. The summed E-state index contributed by atoms with van der Waals surface area (Å²) in [5, 5.41) is 34.6. The van der Waals surface area contributed by atoms with Crippen LogP contribution in [-0.2, 0) is 13.1 Å². The maximum Gasteiger partial charge on any atom is 0.208 e. The molecule has 0 saturated carbocycles. The number of tetrazole rings is 1. The Bertz CT molecular complexity index is 1170.